The van der Waals surface area contributed by atoms with Gasteiger partial charge in [0.25, 0.3) is 0 Å². The summed E-state index contributed by atoms with van der Waals surface area (Å²) in [4.78, 5) is 26.9. The number of amides is 2. The third-order valence-corrected chi connectivity index (χ3v) is 4.30. The van der Waals surface area contributed by atoms with Crippen molar-refractivity contribution in [2.24, 2.45) is 11.8 Å². The Hall–Kier alpha value is -1.30. The summed E-state index contributed by atoms with van der Waals surface area (Å²) in [5, 5.41) is 11.8. The molecule has 2 amide bonds. The van der Waals surface area contributed by atoms with Gasteiger partial charge in [-0.2, -0.15) is 0 Å². The van der Waals surface area contributed by atoms with E-state index in [2.05, 4.69) is 17.3 Å². The minimum Gasteiger partial charge on any atom is -0.481 e. The first kappa shape index (κ1) is 15.1. The van der Waals surface area contributed by atoms with Gasteiger partial charge in [-0.25, -0.2) is 4.79 Å². The van der Waals surface area contributed by atoms with Crippen LogP contribution in [0.1, 0.15) is 25.7 Å². The monoisotopic (exact) mass is 283 g/mol. The SMILES string of the molecule is CN1CCC(CNC(=O)N2CCCC(CC(=O)O)C2)C1. The molecule has 0 aromatic heterocycles. The van der Waals surface area contributed by atoms with E-state index in [9.17, 15) is 9.59 Å². The molecule has 2 aliphatic heterocycles. The van der Waals surface area contributed by atoms with Gasteiger partial charge in [0, 0.05) is 32.6 Å². The summed E-state index contributed by atoms with van der Waals surface area (Å²) in [5.74, 6) is -0.126. The van der Waals surface area contributed by atoms with Gasteiger partial charge in [0.15, 0.2) is 0 Å². The normalized spacial score (nSPS) is 27.6. The molecule has 2 aliphatic rings. The van der Waals surface area contributed by atoms with Crippen LogP contribution in [-0.2, 0) is 4.79 Å². The third-order valence-electron chi connectivity index (χ3n) is 4.30. The highest BCUT2D eigenvalue weighted by atomic mass is 16.4. The zero-order chi connectivity index (χ0) is 14.5. The van der Waals surface area contributed by atoms with Crippen LogP contribution < -0.4 is 5.32 Å². The van der Waals surface area contributed by atoms with E-state index in [4.69, 9.17) is 5.11 Å². The molecule has 2 fully saturated rings. The first-order valence-corrected chi connectivity index (χ1v) is 7.47. The van der Waals surface area contributed by atoms with Crippen LogP contribution in [-0.4, -0.2) is 66.7 Å². The highest BCUT2D eigenvalue weighted by Gasteiger charge is 2.26. The molecule has 114 valence electrons. The fourth-order valence-corrected chi connectivity index (χ4v) is 3.20. The Morgan fingerprint density at radius 1 is 1.20 bits per heavy atom. The van der Waals surface area contributed by atoms with Crippen molar-refractivity contribution < 1.29 is 14.7 Å². The molecular weight excluding hydrogens is 258 g/mol. The van der Waals surface area contributed by atoms with Crippen molar-refractivity contribution in [3.8, 4) is 0 Å². The Labute approximate surface area is 120 Å². The second-order valence-electron chi connectivity index (χ2n) is 6.16. The number of piperidine rings is 1. The average Bonchev–Trinajstić information content (AvgIpc) is 2.81. The van der Waals surface area contributed by atoms with E-state index < -0.39 is 5.97 Å². The van der Waals surface area contributed by atoms with E-state index in [1.807, 2.05) is 0 Å². The molecule has 2 atom stereocenters. The number of nitrogens with zero attached hydrogens (tertiary/aromatic N) is 2. The molecule has 0 spiro atoms. The molecule has 0 aromatic carbocycles. The maximum Gasteiger partial charge on any atom is 0.317 e. The lowest BCUT2D eigenvalue weighted by Gasteiger charge is -2.32. The fraction of sp³-hybridized carbons (Fsp3) is 0.857. The molecular formula is C14H25N3O3. The molecule has 2 unspecified atom stereocenters. The van der Waals surface area contributed by atoms with Crippen molar-refractivity contribution in [2.75, 3.05) is 39.8 Å². The van der Waals surface area contributed by atoms with Crippen molar-refractivity contribution in [3.63, 3.8) is 0 Å². The van der Waals surface area contributed by atoms with Crippen molar-refractivity contribution in [1.82, 2.24) is 15.1 Å². The number of rotatable bonds is 4. The van der Waals surface area contributed by atoms with E-state index in [0.717, 1.165) is 45.4 Å². The van der Waals surface area contributed by atoms with E-state index in [-0.39, 0.29) is 18.4 Å². The zero-order valence-corrected chi connectivity index (χ0v) is 12.2. The Morgan fingerprint density at radius 3 is 2.65 bits per heavy atom. The number of urea groups is 1. The molecule has 2 N–H and O–H groups in total. The number of hydrogen-bond donors (Lipinski definition) is 2. The topological polar surface area (TPSA) is 72.9 Å². The molecule has 0 aliphatic carbocycles. The number of hydrogen-bond acceptors (Lipinski definition) is 3. The van der Waals surface area contributed by atoms with E-state index in [0.29, 0.717) is 12.5 Å². The van der Waals surface area contributed by atoms with Gasteiger partial charge in [-0.1, -0.05) is 0 Å². The van der Waals surface area contributed by atoms with Crippen LogP contribution in [0.3, 0.4) is 0 Å². The minimum absolute atomic E-state index is 0.0327. The van der Waals surface area contributed by atoms with E-state index in [1.165, 1.54) is 0 Å². The Bertz CT molecular complexity index is 362. The maximum atomic E-state index is 12.1. The Balaban J connectivity index is 1.72. The number of carboxylic acid groups (broad SMARTS) is 1. The highest BCUT2D eigenvalue weighted by Crippen LogP contribution is 2.20. The van der Waals surface area contributed by atoms with Crippen molar-refractivity contribution in [1.29, 1.82) is 0 Å². The first-order chi connectivity index (χ1) is 9.54. The predicted octanol–water partition coefficient (Wildman–Crippen LogP) is 0.834. The van der Waals surface area contributed by atoms with Crippen LogP contribution in [0, 0.1) is 11.8 Å². The van der Waals surface area contributed by atoms with Crippen molar-refractivity contribution in [3.05, 3.63) is 0 Å². The van der Waals surface area contributed by atoms with Gasteiger partial charge < -0.3 is 20.2 Å². The highest BCUT2D eigenvalue weighted by molar-refractivity contribution is 5.74. The van der Waals surface area contributed by atoms with E-state index in [1.54, 1.807) is 4.90 Å². The van der Waals surface area contributed by atoms with Crippen LogP contribution in [0.5, 0.6) is 0 Å². The number of carbonyl (C=O) groups excluding carboxylic acids is 1. The molecule has 2 saturated heterocycles. The molecule has 2 rings (SSSR count). The van der Waals surface area contributed by atoms with Gasteiger partial charge in [0.1, 0.15) is 0 Å². The van der Waals surface area contributed by atoms with Gasteiger partial charge in [0.05, 0.1) is 0 Å². The van der Waals surface area contributed by atoms with Gasteiger partial charge in [0.2, 0.25) is 0 Å². The second-order valence-corrected chi connectivity index (χ2v) is 6.16. The lowest BCUT2D eigenvalue weighted by atomic mass is 9.95. The summed E-state index contributed by atoms with van der Waals surface area (Å²) in [6.45, 7) is 4.19. The molecule has 6 heteroatoms. The number of carboxylic acids is 1. The summed E-state index contributed by atoms with van der Waals surface area (Å²) in [6.07, 6.45) is 3.11. The van der Waals surface area contributed by atoms with E-state index >= 15 is 0 Å². The standard InChI is InChI=1S/C14H25N3O3/c1-16-6-4-12(9-16)8-15-14(20)17-5-2-3-11(10-17)7-13(18)19/h11-12H,2-10H2,1H3,(H,15,20)(H,18,19). The minimum atomic E-state index is -0.772. The third kappa shape index (κ3) is 4.37. The number of carbonyl (C=O) groups is 2. The molecule has 0 bridgehead atoms. The average molecular weight is 283 g/mol. The van der Waals surface area contributed by atoms with Gasteiger partial charge in [-0.3, -0.25) is 4.79 Å². The quantitative estimate of drug-likeness (QED) is 0.802. The fourth-order valence-electron chi connectivity index (χ4n) is 3.20. The summed E-state index contributed by atoms with van der Waals surface area (Å²) in [6, 6.07) is -0.0327. The molecule has 20 heavy (non-hydrogen) atoms. The smallest absolute Gasteiger partial charge is 0.317 e. The predicted molar refractivity (Wildman–Crippen MR) is 75.6 cm³/mol. The molecule has 0 aromatic rings. The van der Waals surface area contributed by atoms with Crippen molar-refractivity contribution in [2.45, 2.75) is 25.7 Å². The second kappa shape index (κ2) is 6.92. The number of likely N-dealkylation sites (tertiary alicyclic amines) is 2. The van der Waals surface area contributed by atoms with Crippen molar-refractivity contribution >= 4 is 12.0 Å². The zero-order valence-electron chi connectivity index (χ0n) is 12.2. The first-order valence-electron chi connectivity index (χ1n) is 7.47. The van der Waals surface area contributed by atoms with Crippen LogP contribution in [0.4, 0.5) is 4.79 Å². The van der Waals surface area contributed by atoms with Crippen LogP contribution in [0.15, 0.2) is 0 Å². The van der Waals surface area contributed by atoms with Gasteiger partial charge in [-0.05, 0) is 44.7 Å². The number of nitrogens with one attached hydrogen (secondary N) is 1. The molecule has 0 saturated carbocycles. The molecule has 2 heterocycles. The summed E-state index contributed by atoms with van der Waals surface area (Å²) < 4.78 is 0. The lowest BCUT2D eigenvalue weighted by Crippen LogP contribution is -2.47. The van der Waals surface area contributed by atoms with Gasteiger partial charge >= 0.3 is 12.0 Å². The summed E-state index contributed by atoms with van der Waals surface area (Å²) in [7, 11) is 2.10. The van der Waals surface area contributed by atoms with Crippen LogP contribution in [0.25, 0.3) is 0 Å². The Morgan fingerprint density at radius 2 is 2.00 bits per heavy atom. The summed E-state index contributed by atoms with van der Waals surface area (Å²) in [5.41, 5.74) is 0. The maximum absolute atomic E-state index is 12.1. The molecule has 0 radical (unpaired) electrons. The van der Waals surface area contributed by atoms with Gasteiger partial charge in [-0.15, -0.1) is 0 Å². The molecule has 6 nitrogen and oxygen atoms in total. The Kier molecular flexibility index (Phi) is 5.23. The van der Waals surface area contributed by atoms with Crippen LogP contribution >= 0.6 is 0 Å². The largest absolute Gasteiger partial charge is 0.481 e. The van der Waals surface area contributed by atoms with Crippen LogP contribution in [0.2, 0.25) is 0 Å². The lowest BCUT2D eigenvalue weighted by molar-refractivity contribution is -0.138. The number of aliphatic carboxylic acids is 1. The summed E-state index contributed by atoms with van der Waals surface area (Å²) >= 11 is 0.